The lowest BCUT2D eigenvalue weighted by Gasteiger charge is -2.27. The molecule has 0 radical (unpaired) electrons. The van der Waals surface area contributed by atoms with Crippen LogP contribution in [-0.4, -0.2) is 57.6 Å². The van der Waals surface area contributed by atoms with Crippen molar-refractivity contribution in [3.63, 3.8) is 0 Å². The van der Waals surface area contributed by atoms with Crippen molar-refractivity contribution in [3.8, 4) is 5.75 Å². The molecule has 1 aromatic heterocycles. The summed E-state index contributed by atoms with van der Waals surface area (Å²) in [5.41, 5.74) is -1.56. The van der Waals surface area contributed by atoms with Gasteiger partial charge in [0.15, 0.2) is 0 Å². The molecule has 3 rings (SSSR count). The molecule has 14 heteroatoms. The Kier molecular flexibility index (Phi) is 8.39. The van der Waals surface area contributed by atoms with Crippen LogP contribution in [0.3, 0.4) is 0 Å². The molecule has 0 bridgehead atoms. The summed E-state index contributed by atoms with van der Waals surface area (Å²) in [7, 11) is -2.97. The highest BCUT2D eigenvalue weighted by molar-refractivity contribution is 7.52. The van der Waals surface area contributed by atoms with Gasteiger partial charge in [0.05, 0.1) is 19.8 Å². The number of methoxy groups -OCH3 is 1. The van der Waals surface area contributed by atoms with E-state index < -0.39 is 56.2 Å². The molecule has 1 fully saturated rings. The Bertz CT molecular complexity index is 1140. The van der Waals surface area contributed by atoms with Crippen molar-refractivity contribution in [3.05, 3.63) is 57.6 Å². The molecule has 1 saturated heterocycles. The maximum atomic E-state index is 13.6. The van der Waals surface area contributed by atoms with E-state index in [9.17, 15) is 24.1 Å². The Morgan fingerprint density at radius 2 is 2.06 bits per heavy atom. The van der Waals surface area contributed by atoms with Gasteiger partial charge in [0.1, 0.15) is 30.5 Å². The smallest absolute Gasteiger partial charge is 0.459 e. The molecule has 2 aromatic rings. The molecular weight excluding hydrogens is 471 g/mol. The minimum absolute atomic E-state index is 0.00426. The number of aromatic nitrogens is 3. The van der Waals surface area contributed by atoms with E-state index in [0.717, 1.165) is 10.9 Å². The molecule has 1 aliphatic rings. The lowest BCUT2D eigenvalue weighted by atomic mass is 10.1. The number of esters is 1. The molecule has 1 aliphatic heterocycles. The van der Waals surface area contributed by atoms with Gasteiger partial charge in [-0.05, 0) is 18.1 Å². The standard InChI is InChI=1S/C20H27N4O9P/c1-12(2)17(18(26)30-3)23-34(29,33-13-7-5-4-6-8-13)31-10-15-14(25)9-16(32-15)24-11-21-19(27)22-20(24)28/h4-8,11-12,14-17,25H,9-10H2,1-3H3,(H,23,29)(H,22,27,28)/t14-,15+,16+,17+,34?/m0/s1. The summed E-state index contributed by atoms with van der Waals surface area (Å²) < 4.78 is 36.3. The molecule has 0 saturated carbocycles. The Labute approximate surface area is 194 Å². The van der Waals surface area contributed by atoms with Crippen LogP contribution in [-0.2, 0) is 23.4 Å². The quantitative estimate of drug-likeness (QED) is 0.309. The average molecular weight is 498 g/mol. The van der Waals surface area contributed by atoms with Gasteiger partial charge in [-0.3, -0.25) is 18.9 Å². The fourth-order valence-corrected chi connectivity index (χ4v) is 4.92. The molecule has 0 amide bonds. The van der Waals surface area contributed by atoms with Crippen molar-refractivity contribution < 1.29 is 33.0 Å². The van der Waals surface area contributed by atoms with E-state index in [4.69, 9.17) is 18.5 Å². The number of H-pyrrole nitrogens is 1. The van der Waals surface area contributed by atoms with E-state index in [2.05, 4.69) is 10.1 Å². The third-order valence-corrected chi connectivity index (χ3v) is 6.59. The Morgan fingerprint density at radius 3 is 2.68 bits per heavy atom. The SMILES string of the molecule is COC(=O)[C@H](NP(=O)(OC[C@H]1O[C@@H](n2cnc(=O)[nH]c2=O)C[C@@H]1O)Oc1ccccc1)C(C)C. The molecule has 5 atom stereocenters. The lowest BCUT2D eigenvalue weighted by molar-refractivity contribution is -0.143. The molecule has 1 unspecified atom stereocenters. The predicted octanol–water partition coefficient (Wildman–Crippen LogP) is 0.571. The van der Waals surface area contributed by atoms with Crippen molar-refractivity contribution in [2.75, 3.05) is 13.7 Å². The van der Waals surface area contributed by atoms with Crippen molar-refractivity contribution in [2.24, 2.45) is 5.92 Å². The van der Waals surface area contributed by atoms with Crippen LogP contribution in [0.1, 0.15) is 26.5 Å². The van der Waals surface area contributed by atoms with E-state index in [-0.39, 0.29) is 18.1 Å². The highest BCUT2D eigenvalue weighted by Crippen LogP contribution is 2.46. The summed E-state index contributed by atoms with van der Waals surface area (Å²) in [6.45, 7) is 3.06. The molecule has 1 aromatic carbocycles. The van der Waals surface area contributed by atoms with Gasteiger partial charge in [-0.25, -0.2) is 14.2 Å². The number of nitrogens with zero attached hydrogens (tertiary/aromatic N) is 2. The van der Waals surface area contributed by atoms with Crippen LogP contribution >= 0.6 is 7.75 Å². The van der Waals surface area contributed by atoms with Gasteiger partial charge in [-0.2, -0.15) is 10.1 Å². The van der Waals surface area contributed by atoms with Gasteiger partial charge in [0.2, 0.25) is 0 Å². The van der Waals surface area contributed by atoms with Gasteiger partial charge in [-0.15, -0.1) is 0 Å². The number of nitrogens with one attached hydrogen (secondary N) is 2. The first-order chi connectivity index (χ1) is 16.1. The zero-order valence-corrected chi connectivity index (χ0v) is 19.7. The van der Waals surface area contributed by atoms with Gasteiger partial charge < -0.3 is 19.1 Å². The number of ether oxygens (including phenoxy) is 2. The van der Waals surface area contributed by atoms with E-state index >= 15 is 0 Å². The Balaban J connectivity index is 1.76. The highest BCUT2D eigenvalue weighted by atomic mass is 31.2. The summed E-state index contributed by atoms with van der Waals surface area (Å²) in [6, 6.07) is 7.20. The molecule has 186 valence electrons. The lowest BCUT2D eigenvalue weighted by Crippen LogP contribution is -2.41. The number of para-hydroxylation sites is 1. The van der Waals surface area contributed by atoms with E-state index in [1.807, 2.05) is 4.98 Å². The Morgan fingerprint density at radius 1 is 1.35 bits per heavy atom. The van der Waals surface area contributed by atoms with Crippen LogP contribution in [0.5, 0.6) is 5.75 Å². The molecule has 3 N–H and O–H groups in total. The van der Waals surface area contributed by atoms with Crippen LogP contribution in [0.2, 0.25) is 0 Å². The molecule has 0 spiro atoms. The topological polar surface area (TPSA) is 171 Å². The van der Waals surface area contributed by atoms with Gasteiger partial charge in [-0.1, -0.05) is 32.0 Å². The minimum atomic E-state index is -4.18. The number of carbonyl (C=O) groups is 1. The molecule has 13 nitrogen and oxygen atoms in total. The molecule has 2 heterocycles. The van der Waals surface area contributed by atoms with Crippen LogP contribution < -0.4 is 21.0 Å². The fraction of sp³-hybridized carbons (Fsp3) is 0.500. The van der Waals surface area contributed by atoms with Crippen LogP contribution in [0.4, 0.5) is 0 Å². The molecular formula is C20H27N4O9P. The first-order valence-electron chi connectivity index (χ1n) is 10.5. The number of aliphatic hydroxyl groups excluding tert-OH is 1. The number of carbonyl (C=O) groups excluding carboxylic acids is 1. The minimum Gasteiger partial charge on any atom is -0.468 e. The summed E-state index contributed by atoms with van der Waals surface area (Å²) in [4.78, 5) is 40.9. The second-order valence-corrected chi connectivity index (χ2v) is 9.58. The fourth-order valence-electron chi connectivity index (χ4n) is 3.25. The third kappa shape index (κ3) is 6.39. The summed E-state index contributed by atoms with van der Waals surface area (Å²) >= 11 is 0. The number of aliphatic hydroxyl groups is 1. The second-order valence-electron chi connectivity index (χ2n) is 7.89. The van der Waals surface area contributed by atoms with Crippen molar-refractivity contribution >= 4 is 13.7 Å². The van der Waals surface area contributed by atoms with E-state index in [1.54, 1.807) is 44.2 Å². The molecule has 34 heavy (non-hydrogen) atoms. The van der Waals surface area contributed by atoms with Gasteiger partial charge >= 0.3 is 25.1 Å². The first kappa shape index (κ1) is 25.8. The van der Waals surface area contributed by atoms with Crippen LogP contribution in [0.15, 0.2) is 46.2 Å². The maximum Gasteiger partial charge on any atom is 0.459 e. The number of aromatic amines is 1. The van der Waals surface area contributed by atoms with Crippen LogP contribution in [0.25, 0.3) is 0 Å². The summed E-state index contributed by atoms with van der Waals surface area (Å²) in [6.07, 6.45) is -2.00. The predicted molar refractivity (Wildman–Crippen MR) is 118 cm³/mol. The van der Waals surface area contributed by atoms with Crippen molar-refractivity contribution in [1.82, 2.24) is 19.6 Å². The molecule has 0 aliphatic carbocycles. The number of hydrogen-bond acceptors (Lipinski definition) is 10. The van der Waals surface area contributed by atoms with Crippen molar-refractivity contribution in [2.45, 2.75) is 44.7 Å². The maximum absolute atomic E-state index is 13.6. The number of rotatable bonds is 10. The summed E-state index contributed by atoms with van der Waals surface area (Å²) in [5.74, 6) is -0.749. The van der Waals surface area contributed by atoms with E-state index in [0.29, 0.717) is 0 Å². The first-order valence-corrected chi connectivity index (χ1v) is 12.0. The van der Waals surface area contributed by atoms with Crippen LogP contribution in [0, 0.1) is 5.92 Å². The van der Waals surface area contributed by atoms with Crippen molar-refractivity contribution in [1.29, 1.82) is 0 Å². The monoisotopic (exact) mass is 498 g/mol. The van der Waals surface area contributed by atoms with Gasteiger partial charge in [0, 0.05) is 6.42 Å². The zero-order chi connectivity index (χ0) is 24.9. The largest absolute Gasteiger partial charge is 0.468 e. The summed E-state index contributed by atoms with van der Waals surface area (Å²) in [5, 5.41) is 13.0. The van der Waals surface area contributed by atoms with E-state index in [1.165, 1.54) is 7.11 Å². The second kappa shape index (κ2) is 11.1. The van der Waals surface area contributed by atoms with Gasteiger partial charge in [0.25, 0.3) is 0 Å². The number of benzene rings is 1. The zero-order valence-electron chi connectivity index (χ0n) is 18.8. The third-order valence-electron chi connectivity index (χ3n) is 5.06. The average Bonchev–Trinajstić information content (AvgIpc) is 3.16. The number of hydrogen-bond donors (Lipinski definition) is 3. The Hall–Kier alpha value is -2.83. The highest BCUT2D eigenvalue weighted by Gasteiger charge is 2.40. The normalized spacial score (nSPS) is 22.8.